The van der Waals surface area contributed by atoms with Gasteiger partial charge in [0, 0.05) is 6.54 Å². The highest BCUT2D eigenvalue weighted by Gasteiger charge is 2.35. The molecule has 0 atom stereocenters. The molecule has 13 heavy (non-hydrogen) atoms. The van der Waals surface area contributed by atoms with Crippen LogP contribution in [0.3, 0.4) is 0 Å². The molecule has 0 amide bonds. The van der Waals surface area contributed by atoms with E-state index in [0.717, 1.165) is 6.42 Å². The molecular weight excluding hydrogens is 192 g/mol. The number of nitrogens with one attached hydrogen (secondary N) is 1. The molecule has 2 N–H and O–H groups in total. The molecule has 0 heterocycles. The van der Waals surface area contributed by atoms with Crippen LogP contribution in [0.15, 0.2) is 0 Å². The third kappa shape index (κ3) is 2.95. The van der Waals surface area contributed by atoms with E-state index >= 15 is 0 Å². The predicted octanol–water partition coefficient (Wildman–Crippen LogP) is -0.656. The lowest BCUT2D eigenvalue weighted by molar-refractivity contribution is -0.0270. The smallest absolute Gasteiger partial charge is 0.225 e. The van der Waals surface area contributed by atoms with E-state index < -0.39 is 21.4 Å². The van der Waals surface area contributed by atoms with Crippen LogP contribution in [0.5, 0.6) is 0 Å². The minimum absolute atomic E-state index is 0.0248. The van der Waals surface area contributed by atoms with Crippen LogP contribution in [0, 0.1) is 11.3 Å². The molecule has 0 spiro atoms. The van der Waals surface area contributed by atoms with Gasteiger partial charge in [0.05, 0.1) is 11.7 Å². The summed E-state index contributed by atoms with van der Waals surface area (Å²) >= 11 is 0. The summed E-state index contributed by atoms with van der Waals surface area (Å²) in [5.74, 6) is -0.553. The van der Waals surface area contributed by atoms with E-state index in [1.165, 1.54) is 0 Å². The Labute approximate surface area is 77.4 Å². The summed E-state index contributed by atoms with van der Waals surface area (Å²) in [6, 6.07) is 1.55. The van der Waals surface area contributed by atoms with Gasteiger partial charge in [-0.2, -0.15) is 5.26 Å². The van der Waals surface area contributed by atoms with E-state index in [-0.39, 0.29) is 6.54 Å². The first-order chi connectivity index (χ1) is 5.97. The highest BCUT2D eigenvalue weighted by molar-refractivity contribution is 7.89. The van der Waals surface area contributed by atoms with Crippen LogP contribution in [0.2, 0.25) is 0 Å². The molecule has 0 unspecified atom stereocenters. The molecule has 0 aromatic heterocycles. The van der Waals surface area contributed by atoms with Gasteiger partial charge < -0.3 is 5.11 Å². The second kappa shape index (κ2) is 3.62. The van der Waals surface area contributed by atoms with Crippen molar-refractivity contribution in [1.29, 1.82) is 5.26 Å². The normalized spacial score (nSPS) is 20.3. The number of aliphatic hydroxyl groups is 1. The van der Waals surface area contributed by atoms with Crippen molar-refractivity contribution in [2.45, 2.75) is 24.9 Å². The van der Waals surface area contributed by atoms with Gasteiger partial charge >= 0.3 is 0 Å². The van der Waals surface area contributed by atoms with Gasteiger partial charge in [-0.1, -0.05) is 0 Å². The average molecular weight is 204 g/mol. The van der Waals surface area contributed by atoms with Crippen molar-refractivity contribution in [3.63, 3.8) is 0 Å². The minimum atomic E-state index is -3.51. The standard InChI is InChI=1S/C7H12N2O3S/c8-4-5-13(11,12)9-6-7(10)2-1-3-7/h9-10H,1-3,5-6H2. The number of rotatable bonds is 4. The minimum Gasteiger partial charge on any atom is -0.389 e. The molecular formula is C7H12N2O3S. The van der Waals surface area contributed by atoms with Gasteiger partial charge in [-0.05, 0) is 19.3 Å². The Morgan fingerprint density at radius 3 is 2.54 bits per heavy atom. The molecule has 74 valence electrons. The van der Waals surface area contributed by atoms with E-state index in [2.05, 4.69) is 4.72 Å². The van der Waals surface area contributed by atoms with E-state index in [0.29, 0.717) is 12.8 Å². The van der Waals surface area contributed by atoms with Gasteiger partial charge in [0.2, 0.25) is 10.0 Å². The monoisotopic (exact) mass is 204 g/mol. The van der Waals surface area contributed by atoms with Crippen molar-refractivity contribution in [1.82, 2.24) is 4.72 Å². The molecule has 1 aliphatic carbocycles. The molecule has 0 bridgehead atoms. The van der Waals surface area contributed by atoms with E-state index in [4.69, 9.17) is 5.26 Å². The fourth-order valence-corrected chi connectivity index (χ4v) is 1.90. The molecule has 6 heteroatoms. The Morgan fingerprint density at radius 1 is 1.54 bits per heavy atom. The highest BCUT2D eigenvalue weighted by atomic mass is 32.2. The van der Waals surface area contributed by atoms with Crippen LogP contribution in [-0.2, 0) is 10.0 Å². The van der Waals surface area contributed by atoms with E-state index in [1.54, 1.807) is 6.07 Å². The Hall–Kier alpha value is -0.640. The maximum atomic E-state index is 11.0. The zero-order chi connectivity index (χ0) is 9.95. The maximum Gasteiger partial charge on any atom is 0.225 e. The van der Waals surface area contributed by atoms with Crippen LogP contribution in [0.1, 0.15) is 19.3 Å². The van der Waals surface area contributed by atoms with Gasteiger partial charge in [0.25, 0.3) is 0 Å². The number of nitrogens with zero attached hydrogens (tertiary/aromatic N) is 1. The van der Waals surface area contributed by atoms with Crippen LogP contribution < -0.4 is 4.72 Å². The summed E-state index contributed by atoms with van der Waals surface area (Å²) in [7, 11) is -3.51. The topological polar surface area (TPSA) is 90.2 Å². The fraction of sp³-hybridized carbons (Fsp3) is 0.857. The molecule has 1 fully saturated rings. The first-order valence-corrected chi connectivity index (χ1v) is 5.69. The highest BCUT2D eigenvalue weighted by Crippen LogP contribution is 2.30. The van der Waals surface area contributed by atoms with Gasteiger partial charge in [-0.3, -0.25) is 0 Å². The first kappa shape index (κ1) is 10.4. The number of hydrogen-bond donors (Lipinski definition) is 2. The SMILES string of the molecule is N#CCS(=O)(=O)NCC1(O)CCC1. The quantitative estimate of drug-likeness (QED) is 0.636. The lowest BCUT2D eigenvalue weighted by atomic mass is 9.81. The van der Waals surface area contributed by atoms with Crippen LogP contribution in [0.25, 0.3) is 0 Å². The third-order valence-corrected chi connectivity index (χ3v) is 3.25. The molecule has 1 saturated carbocycles. The Bertz CT molecular complexity index is 313. The van der Waals surface area contributed by atoms with Crippen molar-refractivity contribution in [3.8, 4) is 6.07 Å². The second-order valence-corrected chi connectivity index (χ2v) is 5.12. The lowest BCUT2D eigenvalue weighted by Gasteiger charge is -2.36. The van der Waals surface area contributed by atoms with Crippen LogP contribution >= 0.6 is 0 Å². The van der Waals surface area contributed by atoms with E-state index in [9.17, 15) is 13.5 Å². The molecule has 0 aromatic carbocycles. The maximum absolute atomic E-state index is 11.0. The number of nitriles is 1. The summed E-state index contributed by atoms with van der Waals surface area (Å²) < 4.78 is 24.1. The van der Waals surface area contributed by atoms with Crippen molar-refractivity contribution < 1.29 is 13.5 Å². The third-order valence-electron chi connectivity index (χ3n) is 2.16. The average Bonchev–Trinajstić information content (AvgIpc) is 1.97. The summed E-state index contributed by atoms with van der Waals surface area (Å²) in [5, 5.41) is 17.7. The van der Waals surface area contributed by atoms with Gasteiger partial charge in [0.15, 0.2) is 5.75 Å². The molecule has 5 nitrogen and oxygen atoms in total. The van der Waals surface area contributed by atoms with Crippen molar-refractivity contribution in [2.75, 3.05) is 12.3 Å². The molecule has 0 aromatic rings. The number of hydrogen-bond acceptors (Lipinski definition) is 4. The predicted molar refractivity (Wildman–Crippen MR) is 46.2 cm³/mol. The summed E-state index contributed by atoms with van der Waals surface area (Å²) in [6.45, 7) is 0.0248. The molecule has 1 aliphatic rings. The van der Waals surface area contributed by atoms with Crippen molar-refractivity contribution in [2.24, 2.45) is 0 Å². The van der Waals surface area contributed by atoms with Crippen molar-refractivity contribution >= 4 is 10.0 Å². The van der Waals surface area contributed by atoms with Gasteiger partial charge in [-0.15, -0.1) is 0 Å². The zero-order valence-corrected chi connectivity index (χ0v) is 7.97. The number of sulfonamides is 1. The van der Waals surface area contributed by atoms with Crippen molar-refractivity contribution in [3.05, 3.63) is 0 Å². The summed E-state index contributed by atoms with van der Waals surface area (Å²) in [5.41, 5.74) is -0.872. The Balaban J connectivity index is 2.38. The van der Waals surface area contributed by atoms with Gasteiger partial charge in [0.1, 0.15) is 0 Å². The molecule has 0 radical (unpaired) electrons. The fourth-order valence-electron chi connectivity index (χ4n) is 1.14. The summed E-state index contributed by atoms with van der Waals surface area (Å²) in [6.07, 6.45) is 2.18. The molecule has 0 saturated heterocycles. The summed E-state index contributed by atoms with van der Waals surface area (Å²) in [4.78, 5) is 0. The van der Waals surface area contributed by atoms with Crippen LogP contribution in [0.4, 0.5) is 0 Å². The van der Waals surface area contributed by atoms with Crippen LogP contribution in [-0.4, -0.2) is 31.4 Å². The van der Waals surface area contributed by atoms with E-state index in [1.807, 2.05) is 0 Å². The molecule has 1 rings (SSSR count). The lowest BCUT2D eigenvalue weighted by Crippen LogP contribution is -2.48. The zero-order valence-electron chi connectivity index (χ0n) is 7.15. The largest absolute Gasteiger partial charge is 0.389 e. The molecule has 0 aliphatic heterocycles. The first-order valence-electron chi connectivity index (χ1n) is 4.04. The van der Waals surface area contributed by atoms with Gasteiger partial charge in [-0.25, -0.2) is 13.1 Å². The second-order valence-electron chi connectivity index (χ2n) is 3.32. The Kier molecular flexibility index (Phi) is 2.91. The Morgan fingerprint density at radius 2 is 2.15 bits per heavy atom.